The number of fused-ring (bicyclic) bond motifs is 3. The predicted octanol–water partition coefficient (Wildman–Crippen LogP) is 12.9. The molecule has 240 valence electrons. The van der Waals surface area contributed by atoms with E-state index in [2.05, 4.69) is 144 Å². The summed E-state index contributed by atoms with van der Waals surface area (Å²) in [4.78, 5) is 7.41. The second kappa shape index (κ2) is 13.0. The summed E-state index contributed by atoms with van der Waals surface area (Å²) in [5.74, 6) is 0.650. The van der Waals surface area contributed by atoms with Gasteiger partial charge in [0.2, 0.25) is 5.89 Å². The standard InChI is InChI=1S/C47H36N2O/c1-4-14-33(15-5-1)34-24-28-38(29-25-34)49(44-23-13-12-20-40(44)35-16-6-2-7-17-35)39-30-26-36(27-31-39)43-32-45-46(42-22-11-10-21-41(42)43)48-47(50-45)37-18-8-3-9-19-37/h2-4,6-26,28-30,32H,1,5,27,31H2. The molecule has 0 bridgehead atoms. The number of benzene rings is 6. The van der Waals surface area contributed by atoms with Crippen LogP contribution in [0.25, 0.3) is 55.6 Å². The van der Waals surface area contributed by atoms with Crippen molar-refractivity contribution < 1.29 is 4.42 Å². The molecule has 0 unspecified atom stereocenters. The Morgan fingerprint density at radius 3 is 2.04 bits per heavy atom. The van der Waals surface area contributed by atoms with E-state index in [1.54, 1.807) is 0 Å². The molecule has 9 rings (SSSR count). The molecule has 0 amide bonds. The molecular weight excluding hydrogens is 609 g/mol. The molecule has 50 heavy (non-hydrogen) atoms. The Labute approximate surface area is 292 Å². The summed E-state index contributed by atoms with van der Waals surface area (Å²) in [7, 11) is 0. The zero-order chi connectivity index (χ0) is 33.3. The molecule has 1 heterocycles. The second-order valence-corrected chi connectivity index (χ2v) is 13.0. The normalized spacial score (nSPS) is 14.4. The topological polar surface area (TPSA) is 29.3 Å². The van der Waals surface area contributed by atoms with Gasteiger partial charge < -0.3 is 9.32 Å². The van der Waals surface area contributed by atoms with Crippen molar-refractivity contribution in [3.8, 4) is 22.6 Å². The van der Waals surface area contributed by atoms with Gasteiger partial charge in [0.15, 0.2) is 5.58 Å². The van der Waals surface area contributed by atoms with Gasteiger partial charge in [-0.3, -0.25) is 0 Å². The number of hydrogen-bond acceptors (Lipinski definition) is 3. The van der Waals surface area contributed by atoms with E-state index in [-0.39, 0.29) is 0 Å². The van der Waals surface area contributed by atoms with E-state index in [1.165, 1.54) is 50.2 Å². The third-order valence-electron chi connectivity index (χ3n) is 9.87. The molecule has 6 aromatic carbocycles. The Balaban J connectivity index is 1.15. The minimum atomic E-state index is 0.650. The number of aromatic nitrogens is 1. The van der Waals surface area contributed by atoms with Crippen LogP contribution in [0.3, 0.4) is 0 Å². The molecule has 0 fully saturated rings. The number of oxazole rings is 1. The molecular formula is C47H36N2O. The van der Waals surface area contributed by atoms with E-state index in [9.17, 15) is 0 Å². The first-order valence-corrected chi connectivity index (χ1v) is 17.5. The Hall–Kier alpha value is -6.19. The number of rotatable bonds is 7. The Morgan fingerprint density at radius 1 is 0.580 bits per heavy atom. The first-order valence-electron chi connectivity index (χ1n) is 17.5. The number of anilines is 2. The lowest BCUT2D eigenvalue weighted by molar-refractivity contribution is 0.620. The molecule has 2 aliphatic carbocycles. The predicted molar refractivity (Wildman–Crippen MR) is 209 cm³/mol. The molecule has 1 aromatic heterocycles. The number of allylic oxidation sites excluding steroid dienone is 8. The first kappa shape index (κ1) is 29.9. The van der Waals surface area contributed by atoms with E-state index in [1.807, 2.05) is 30.3 Å². The third kappa shape index (κ3) is 5.57. The van der Waals surface area contributed by atoms with E-state index in [0.717, 1.165) is 53.4 Å². The first-order chi connectivity index (χ1) is 24.8. The van der Waals surface area contributed by atoms with Crippen LogP contribution >= 0.6 is 0 Å². The maximum Gasteiger partial charge on any atom is 0.227 e. The maximum atomic E-state index is 6.41. The molecule has 0 saturated heterocycles. The smallest absolute Gasteiger partial charge is 0.227 e. The van der Waals surface area contributed by atoms with E-state index in [4.69, 9.17) is 9.40 Å². The molecule has 0 spiro atoms. The molecule has 3 nitrogen and oxygen atoms in total. The highest BCUT2D eigenvalue weighted by Crippen LogP contribution is 2.43. The quantitative estimate of drug-likeness (QED) is 0.173. The highest BCUT2D eigenvalue weighted by molar-refractivity contribution is 6.09. The van der Waals surface area contributed by atoms with Crippen LogP contribution in [-0.2, 0) is 0 Å². The highest BCUT2D eigenvalue weighted by Gasteiger charge is 2.23. The molecule has 0 atom stereocenters. The van der Waals surface area contributed by atoms with Crippen molar-refractivity contribution in [2.45, 2.75) is 25.7 Å². The van der Waals surface area contributed by atoms with Gasteiger partial charge in [0.25, 0.3) is 0 Å². The largest absolute Gasteiger partial charge is 0.436 e. The van der Waals surface area contributed by atoms with Crippen molar-refractivity contribution in [2.24, 2.45) is 0 Å². The Morgan fingerprint density at radius 2 is 1.30 bits per heavy atom. The fourth-order valence-corrected chi connectivity index (χ4v) is 7.38. The van der Waals surface area contributed by atoms with Gasteiger partial charge in [-0.1, -0.05) is 127 Å². The van der Waals surface area contributed by atoms with Crippen LogP contribution in [0.15, 0.2) is 180 Å². The van der Waals surface area contributed by atoms with Gasteiger partial charge in [0.05, 0.1) is 5.69 Å². The summed E-state index contributed by atoms with van der Waals surface area (Å²) in [5.41, 5.74) is 13.8. The molecule has 2 aliphatic rings. The third-order valence-corrected chi connectivity index (χ3v) is 9.87. The minimum Gasteiger partial charge on any atom is -0.436 e. The molecule has 0 N–H and O–H groups in total. The molecule has 0 saturated carbocycles. The van der Waals surface area contributed by atoms with Crippen molar-refractivity contribution in [3.63, 3.8) is 0 Å². The average Bonchev–Trinajstić information content (AvgIpc) is 3.64. The van der Waals surface area contributed by atoms with E-state index >= 15 is 0 Å². The van der Waals surface area contributed by atoms with Crippen molar-refractivity contribution in [1.82, 2.24) is 4.98 Å². The summed E-state index contributed by atoms with van der Waals surface area (Å²) in [6.07, 6.45) is 15.5. The van der Waals surface area contributed by atoms with E-state index < -0.39 is 0 Å². The van der Waals surface area contributed by atoms with Crippen LogP contribution in [0.2, 0.25) is 0 Å². The van der Waals surface area contributed by atoms with Crippen molar-refractivity contribution in [2.75, 3.05) is 4.90 Å². The molecule has 7 aromatic rings. The molecule has 0 aliphatic heterocycles. The minimum absolute atomic E-state index is 0.650. The maximum absolute atomic E-state index is 6.41. The lowest BCUT2D eigenvalue weighted by Gasteiger charge is -2.32. The van der Waals surface area contributed by atoms with Gasteiger partial charge >= 0.3 is 0 Å². The summed E-state index contributed by atoms with van der Waals surface area (Å²) >= 11 is 0. The molecule has 0 radical (unpaired) electrons. The lowest BCUT2D eigenvalue weighted by atomic mass is 9.90. The zero-order valence-electron chi connectivity index (χ0n) is 27.8. The van der Waals surface area contributed by atoms with Crippen LogP contribution < -0.4 is 4.90 Å². The Kier molecular flexibility index (Phi) is 7.79. The number of hydrogen-bond donors (Lipinski definition) is 0. The van der Waals surface area contributed by atoms with Gasteiger partial charge in [0, 0.05) is 27.9 Å². The summed E-state index contributed by atoms with van der Waals surface area (Å²) in [6.45, 7) is 0. The summed E-state index contributed by atoms with van der Waals surface area (Å²) in [5, 5.41) is 2.31. The second-order valence-electron chi connectivity index (χ2n) is 13.0. The van der Waals surface area contributed by atoms with Crippen molar-refractivity contribution in [1.29, 1.82) is 0 Å². The van der Waals surface area contributed by atoms with Gasteiger partial charge in [0.1, 0.15) is 5.52 Å². The van der Waals surface area contributed by atoms with Crippen LogP contribution in [0.5, 0.6) is 0 Å². The highest BCUT2D eigenvalue weighted by atomic mass is 16.3. The summed E-state index contributed by atoms with van der Waals surface area (Å²) in [6, 6.07) is 49.5. The van der Waals surface area contributed by atoms with E-state index in [0.29, 0.717) is 5.89 Å². The fourth-order valence-electron chi connectivity index (χ4n) is 7.38. The lowest BCUT2D eigenvalue weighted by Crippen LogP contribution is -2.18. The van der Waals surface area contributed by atoms with Crippen LogP contribution in [0, 0.1) is 0 Å². The monoisotopic (exact) mass is 644 g/mol. The van der Waals surface area contributed by atoms with Crippen LogP contribution in [0.4, 0.5) is 11.4 Å². The zero-order valence-corrected chi connectivity index (χ0v) is 27.8. The van der Waals surface area contributed by atoms with Crippen LogP contribution in [-0.4, -0.2) is 4.98 Å². The number of para-hydroxylation sites is 1. The molecule has 3 heteroatoms. The van der Waals surface area contributed by atoms with Crippen LogP contribution in [0.1, 0.15) is 36.8 Å². The fraction of sp³-hybridized carbons (Fsp3) is 0.0851. The van der Waals surface area contributed by atoms with Crippen molar-refractivity contribution in [3.05, 3.63) is 187 Å². The SMILES string of the molecule is C1=CC(c2ccc(N(C3=CC=C(c4cc5oc(-c6ccccc6)nc5c5ccccc45)CC3)c3ccccc3-c3ccccc3)cc2)=CCC1. The number of nitrogens with zero attached hydrogens (tertiary/aromatic N) is 2. The van der Waals surface area contributed by atoms with Gasteiger partial charge in [-0.2, -0.15) is 0 Å². The summed E-state index contributed by atoms with van der Waals surface area (Å²) < 4.78 is 6.41. The van der Waals surface area contributed by atoms with Gasteiger partial charge in [-0.05, 0) is 101 Å². The van der Waals surface area contributed by atoms with Gasteiger partial charge in [-0.15, -0.1) is 0 Å². The average molecular weight is 645 g/mol. The van der Waals surface area contributed by atoms with Gasteiger partial charge in [-0.25, -0.2) is 4.98 Å². The Bertz CT molecular complexity index is 2460. The van der Waals surface area contributed by atoms with Crippen molar-refractivity contribution >= 4 is 44.4 Å².